The summed E-state index contributed by atoms with van der Waals surface area (Å²) >= 11 is 0. The maximum absolute atomic E-state index is 14.8. The average molecular weight is 413 g/mol. The lowest BCUT2D eigenvalue weighted by Crippen LogP contribution is -2.23. The number of hydrogen-bond donors (Lipinski definition) is 0. The molecule has 0 N–H and O–H groups in total. The summed E-state index contributed by atoms with van der Waals surface area (Å²) in [6, 6.07) is 41.5. The zero-order valence-electron chi connectivity index (χ0n) is 15.4. The van der Waals surface area contributed by atoms with Gasteiger partial charge < -0.3 is 4.57 Å². The van der Waals surface area contributed by atoms with Gasteiger partial charge in [-0.05, 0) is 13.1 Å². The Hall–Kier alpha value is -2.53. The minimum absolute atomic E-state index is 0.181. The Kier molecular flexibility index (Phi) is 5.77. The van der Waals surface area contributed by atoms with Crippen LogP contribution in [0.5, 0.6) is 0 Å². The fraction of sp³-hybridized carbons (Fsp3) is 0. The molecule has 0 aliphatic carbocycles. The first-order chi connectivity index (χ1) is 14.1. The van der Waals surface area contributed by atoms with Gasteiger partial charge in [-0.3, -0.25) is 0 Å². The molecule has 4 aromatic carbocycles. The molecule has 0 unspecified atom stereocenters. The monoisotopic (exact) mass is 413 g/mol. The molecule has 4 heteroatoms. The van der Waals surface area contributed by atoms with E-state index in [0.29, 0.717) is 0 Å². The van der Waals surface area contributed by atoms with Crippen molar-refractivity contribution in [3.05, 3.63) is 121 Å². The van der Waals surface area contributed by atoms with E-state index in [-0.39, 0.29) is 7.57 Å². The van der Waals surface area contributed by atoms with Gasteiger partial charge in [0.15, 0.2) is 7.14 Å². The van der Waals surface area contributed by atoms with Gasteiger partial charge in [-0.25, -0.2) is 0 Å². The lowest BCUT2D eigenvalue weighted by Gasteiger charge is -2.32. The van der Waals surface area contributed by atoms with Crippen LogP contribution >= 0.6 is 13.9 Å². The predicted octanol–water partition coefficient (Wildman–Crippen LogP) is 3.71. The normalized spacial score (nSPS) is 11.8. The fourth-order valence-corrected chi connectivity index (χ4v) is 9.45. The van der Waals surface area contributed by atoms with Crippen molar-refractivity contribution in [3.8, 4) is 0 Å². The van der Waals surface area contributed by atoms with Crippen LogP contribution < -0.4 is 21.2 Å². The molecule has 4 aromatic rings. The first-order valence-corrected chi connectivity index (χ1v) is 12.4. The summed E-state index contributed by atoms with van der Waals surface area (Å²) in [5.74, 6) is 0. The van der Waals surface area contributed by atoms with Crippen LogP contribution in [0.3, 0.4) is 0 Å². The maximum atomic E-state index is 14.8. The second-order valence-corrected chi connectivity index (χ2v) is 11.5. The molecule has 0 aliphatic heterocycles. The van der Waals surface area contributed by atoms with Crippen LogP contribution in [0.2, 0.25) is 0 Å². The van der Waals surface area contributed by atoms with Crippen molar-refractivity contribution in [2.24, 2.45) is 0 Å². The third kappa shape index (κ3) is 3.97. The molecule has 0 spiro atoms. The maximum Gasteiger partial charge on any atom is 0.161 e. The van der Waals surface area contributed by atoms with E-state index in [0.717, 1.165) is 10.6 Å². The van der Waals surface area contributed by atoms with Crippen molar-refractivity contribution in [1.82, 2.24) is 0 Å². The van der Waals surface area contributed by atoms with Crippen molar-refractivity contribution in [2.45, 2.75) is 0 Å². The van der Waals surface area contributed by atoms with Gasteiger partial charge in [0.2, 0.25) is 0 Å². The Morgan fingerprint density at radius 1 is 0.483 bits per heavy atom. The summed E-state index contributed by atoms with van der Waals surface area (Å²) in [5, 5.41) is 4.53. The molecule has 0 amide bonds. The van der Waals surface area contributed by atoms with Crippen LogP contribution in [0, 0.1) is 0 Å². The smallest absolute Gasteiger partial charge is 0.161 e. The highest BCUT2D eigenvalue weighted by Gasteiger charge is 2.27. The van der Waals surface area contributed by atoms with Crippen molar-refractivity contribution < 1.29 is 4.57 Å². The first kappa shape index (κ1) is 19.8. The molecule has 0 radical (unpaired) electrons. The van der Waals surface area contributed by atoms with Crippen LogP contribution in [0.1, 0.15) is 0 Å². The molecular formula is C25H24BOP2-. The van der Waals surface area contributed by atoms with Crippen LogP contribution in [-0.2, 0) is 4.57 Å². The van der Waals surface area contributed by atoms with Crippen LogP contribution in [0.15, 0.2) is 121 Å². The minimum Gasteiger partial charge on any atom is -0.309 e. The second kappa shape index (κ2) is 8.46. The Bertz CT molecular complexity index is 1090. The SMILES string of the molecule is [BH3-]P(=CP(=O)(c1ccccc1)c1ccccc1)(c1ccccc1)c1ccccc1. The zero-order valence-corrected chi connectivity index (χ0v) is 17.2. The second-order valence-electron chi connectivity index (χ2n) is 6.49. The molecule has 1 nitrogen and oxygen atoms in total. The lowest BCUT2D eigenvalue weighted by atomic mass is 10.4. The lowest BCUT2D eigenvalue weighted by molar-refractivity contribution is 0.594. The highest BCUT2D eigenvalue weighted by atomic mass is 31.2. The van der Waals surface area contributed by atoms with Gasteiger partial charge in [0.05, 0.1) is 0 Å². The topological polar surface area (TPSA) is 17.1 Å². The molecule has 0 heterocycles. The van der Waals surface area contributed by atoms with Crippen molar-refractivity contribution in [3.63, 3.8) is 0 Å². The number of hydrogen-bond acceptors (Lipinski definition) is 1. The van der Waals surface area contributed by atoms with Gasteiger partial charge in [-0.15, -0.1) is 0 Å². The molecule has 0 aliphatic rings. The van der Waals surface area contributed by atoms with Gasteiger partial charge in [0, 0.05) is 10.6 Å². The van der Waals surface area contributed by atoms with E-state index in [1.54, 1.807) is 0 Å². The Labute approximate surface area is 174 Å². The molecule has 0 saturated heterocycles. The Morgan fingerprint density at radius 3 is 1.07 bits per heavy atom. The van der Waals surface area contributed by atoms with Gasteiger partial charge >= 0.3 is 0 Å². The summed E-state index contributed by atoms with van der Waals surface area (Å²) in [6.45, 7) is -1.76. The highest BCUT2D eigenvalue weighted by molar-refractivity contribution is 8.17. The molecule has 4 rings (SSSR count). The van der Waals surface area contributed by atoms with Crippen molar-refractivity contribution in [2.75, 3.05) is 0 Å². The van der Waals surface area contributed by atoms with E-state index < -0.39 is 13.9 Å². The van der Waals surface area contributed by atoms with Crippen molar-refractivity contribution >= 4 is 48.2 Å². The van der Waals surface area contributed by atoms with Crippen LogP contribution in [-0.4, -0.2) is 13.1 Å². The number of rotatable bonds is 5. The van der Waals surface area contributed by atoms with E-state index >= 15 is 0 Å². The minimum atomic E-state index is -2.89. The van der Waals surface area contributed by atoms with E-state index in [1.165, 1.54) is 10.6 Å². The molecule has 144 valence electrons. The Balaban J connectivity index is 2.06. The third-order valence-corrected chi connectivity index (χ3v) is 10.7. The van der Waals surface area contributed by atoms with Gasteiger partial charge in [-0.2, -0.15) is 6.76 Å². The van der Waals surface area contributed by atoms with Crippen molar-refractivity contribution in [1.29, 1.82) is 0 Å². The summed E-state index contributed by atoms with van der Waals surface area (Å²) in [6.07, 6.45) is 0. The summed E-state index contributed by atoms with van der Waals surface area (Å²) < 4.78 is 14.8. The molecule has 0 aromatic heterocycles. The number of benzene rings is 4. The Morgan fingerprint density at radius 2 is 0.759 bits per heavy atom. The average Bonchev–Trinajstić information content (AvgIpc) is 2.81. The molecule has 0 saturated carbocycles. The highest BCUT2D eigenvalue weighted by Crippen LogP contribution is 2.51. The largest absolute Gasteiger partial charge is 0.309 e. The van der Waals surface area contributed by atoms with E-state index in [9.17, 15) is 4.57 Å². The molecular weight excluding hydrogens is 389 g/mol. The zero-order chi connectivity index (χ0) is 20.2. The summed E-state index contributed by atoms with van der Waals surface area (Å²) in [4.78, 5) is 0. The standard InChI is InChI=1S/C25H24BOP2/c26-28(22-13-5-1-6-14-22,23-15-7-2-8-16-23)21-29(27,24-17-9-3-10-18-24)25-19-11-4-12-20-25/h1-21H,26H3/q-1. The summed E-state index contributed by atoms with van der Waals surface area (Å²) in [5.41, 5.74) is 2.30. The van der Waals surface area contributed by atoms with Gasteiger partial charge in [-0.1, -0.05) is 132 Å². The predicted molar refractivity (Wildman–Crippen MR) is 135 cm³/mol. The van der Waals surface area contributed by atoms with E-state index in [2.05, 4.69) is 66.2 Å². The van der Waals surface area contributed by atoms with Gasteiger partial charge in [0.1, 0.15) is 0 Å². The molecule has 0 atom stereocenters. The van der Waals surface area contributed by atoms with E-state index in [1.807, 2.05) is 60.7 Å². The third-order valence-electron chi connectivity index (χ3n) is 4.63. The molecule has 29 heavy (non-hydrogen) atoms. The fourth-order valence-electron chi connectivity index (χ4n) is 3.20. The van der Waals surface area contributed by atoms with Gasteiger partial charge in [0.25, 0.3) is 0 Å². The quantitative estimate of drug-likeness (QED) is 0.360. The molecule has 0 fully saturated rings. The van der Waals surface area contributed by atoms with Crippen LogP contribution in [0.25, 0.3) is 0 Å². The first-order valence-electron chi connectivity index (χ1n) is 9.24. The summed E-state index contributed by atoms with van der Waals surface area (Å²) in [7, 11) is -3.07. The molecule has 0 bridgehead atoms. The van der Waals surface area contributed by atoms with E-state index in [4.69, 9.17) is 0 Å². The van der Waals surface area contributed by atoms with Crippen LogP contribution in [0.4, 0.5) is 0 Å².